The first-order valence-electron chi connectivity index (χ1n) is 5.29. The second kappa shape index (κ2) is 5.08. The highest BCUT2D eigenvalue weighted by Crippen LogP contribution is 2.22. The van der Waals surface area contributed by atoms with Crippen LogP contribution < -0.4 is 10.6 Å². The molecule has 2 rings (SSSR count). The smallest absolute Gasteiger partial charge is 0.146 e. The normalized spacial score (nSPS) is 16.6. The van der Waals surface area contributed by atoms with Gasteiger partial charge < -0.3 is 10.6 Å². The molecule has 0 bridgehead atoms. The van der Waals surface area contributed by atoms with Crippen molar-refractivity contribution in [1.82, 2.24) is 4.98 Å². The molecule has 1 aromatic rings. The Morgan fingerprint density at radius 2 is 2.31 bits per heavy atom. The highest BCUT2D eigenvalue weighted by molar-refractivity contribution is 7.99. The highest BCUT2D eigenvalue weighted by atomic mass is 32.2. The number of aromatic nitrogens is 1. The quantitative estimate of drug-likeness (QED) is 0.797. The Kier molecular flexibility index (Phi) is 3.52. The number of nitrogens with two attached hydrogens (primary N) is 1. The summed E-state index contributed by atoms with van der Waals surface area (Å²) in [6, 6.07) is 3.86. The zero-order valence-corrected chi connectivity index (χ0v) is 9.83. The Hall–Kier alpha value is -1.41. The molecule has 0 aliphatic carbocycles. The van der Waals surface area contributed by atoms with E-state index in [4.69, 9.17) is 11.0 Å². The predicted molar refractivity (Wildman–Crippen MR) is 67.5 cm³/mol. The Labute approximate surface area is 99.5 Å². The van der Waals surface area contributed by atoms with E-state index >= 15 is 0 Å². The van der Waals surface area contributed by atoms with Gasteiger partial charge in [0.05, 0.1) is 17.4 Å². The molecule has 0 spiro atoms. The molecule has 0 unspecified atom stereocenters. The van der Waals surface area contributed by atoms with Crippen molar-refractivity contribution in [1.29, 1.82) is 5.26 Å². The average Bonchev–Trinajstić information content (AvgIpc) is 2.57. The maximum absolute atomic E-state index is 9.07. The number of hydrogen-bond acceptors (Lipinski definition) is 5. The van der Waals surface area contributed by atoms with Crippen molar-refractivity contribution in [3.63, 3.8) is 0 Å². The first-order valence-corrected chi connectivity index (χ1v) is 6.45. The van der Waals surface area contributed by atoms with Crippen LogP contribution in [0.15, 0.2) is 12.3 Å². The predicted octanol–water partition coefficient (Wildman–Crippen LogP) is 1.48. The monoisotopic (exact) mass is 234 g/mol. The van der Waals surface area contributed by atoms with E-state index in [9.17, 15) is 0 Å². The zero-order chi connectivity index (χ0) is 11.4. The van der Waals surface area contributed by atoms with E-state index in [0.29, 0.717) is 11.3 Å². The minimum Gasteiger partial charge on any atom is -0.397 e. The molecule has 1 aromatic heterocycles. The van der Waals surface area contributed by atoms with Crippen LogP contribution in [-0.4, -0.2) is 29.6 Å². The van der Waals surface area contributed by atoms with Crippen LogP contribution in [-0.2, 0) is 0 Å². The fraction of sp³-hybridized carbons (Fsp3) is 0.455. The van der Waals surface area contributed by atoms with Crippen LogP contribution in [0.3, 0.4) is 0 Å². The van der Waals surface area contributed by atoms with Crippen LogP contribution in [0.4, 0.5) is 11.5 Å². The molecule has 0 saturated carbocycles. The SMILES string of the molecule is N#Cc1cc(N)cnc1N1CCCSCC1. The van der Waals surface area contributed by atoms with Crippen LogP contribution in [0.5, 0.6) is 0 Å². The summed E-state index contributed by atoms with van der Waals surface area (Å²) in [4.78, 5) is 6.46. The van der Waals surface area contributed by atoms with Crippen LogP contribution in [0.25, 0.3) is 0 Å². The molecule has 0 atom stereocenters. The zero-order valence-electron chi connectivity index (χ0n) is 9.02. The lowest BCUT2D eigenvalue weighted by molar-refractivity contribution is 0.800. The maximum atomic E-state index is 9.07. The molecule has 1 saturated heterocycles. The first-order chi connectivity index (χ1) is 7.81. The van der Waals surface area contributed by atoms with E-state index in [2.05, 4.69) is 16.0 Å². The summed E-state index contributed by atoms with van der Waals surface area (Å²) in [5.74, 6) is 3.06. The molecule has 5 heteroatoms. The average molecular weight is 234 g/mol. The van der Waals surface area contributed by atoms with Crippen molar-refractivity contribution in [2.75, 3.05) is 35.2 Å². The summed E-state index contributed by atoms with van der Waals surface area (Å²) >= 11 is 1.95. The van der Waals surface area contributed by atoms with E-state index in [-0.39, 0.29) is 0 Å². The largest absolute Gasteiger partial charge is 0.397 e. The molecule has 4 nitrogen and oxygen atoms in total. The first kappa shape index (κ1) is 11.1. The molecule has 0 aromatic carbocycles. The van der Waals surface area contributed by atoms with Crippen LogP contribution in [0.1, 0.15) is 12.0 Å². The van der Waals surface area contributed by atoms with Gasteiger partial charge in [0, 0.05) is 18.8 Å². The van der Waals surface area contributed by atoms with Gasteiger partial charge in [0.15, 0.2) is 0 Å². The van der Waals surface area contributed by atoms with Crippen LogP contribution in [0.2, 0.25) is 0 Å². The summed E-state index contributed by atoms with van der Waals surface area (Å²) < 4.78 is 0. The third kappa shape index (κ3) is 2.39. The van der Waals surface area contributed by atoms with Crippen LogP contribution in [0, 0.1) is 11.3 Å². The summed E-state index contributed by atoms with van der Waals surface area (Å²) in [5.41, 5.74) is 6.75. The van der Waals surface area contributed by atoms with Gasteiger partial charge in [-0.2, -0.15) is 17.0 Å². The molecule has 84 valence electrons. The number of thioether (sulfide) groups is 1. The fourth-order valence-corrected chi connectivity index (χ4v) is 2.65. The second-order valence-electron chi connectivity index (χ2n) is 3.70. The molecular weight excluding hydrogens is 220 g/mol. The van der Waals surface area contributed by atoms with Gasteiger partial charge >= 0.3 is 0 Å². The van der Waals surface area contributed by atoms with Crippen molar-refractivity contribution < 1.29 is 0 Å². The number of rotatable bonds is 1. The minimum atomic E-state index is 0.546. The van der Waals surface area contributed by atoms with Gasteiger partial charge in [-0.1, -0.05) is 0 Å². The molecule has 2 heterocycles. The summed E-state index contributed by atoms with van der Waals surface area (Å²) in [6.07, 6.45) is 2.76. The molecule has 1 aliphatic heterocycles. The molecule has 16 heavy (non-hydrogen) atoms. The molecular formula is C11H14N4S. The van der Waals surface area contributed by atoms with Gasteiger partial charge in [0.25, 0.3) is 0 Å². The van der Waals surface area contributed by atoms with Gasteiger partial charge in [0.2, 0.25) is 0 Å². The molecule has 0 radical (unpaired) electrons. The van der Waals surface area contributed by atoms with Gasteiger partial charge in [-0.3, -0.25) is 0 Å². The van der Waals surface area contributed by atoms with Crippen molar-refractivity contribution in [3.8, 4) is 6.07 Å². The van der Waals surface area contributed by atoms with E-state index < -0.39 is 0 Å². The lowest BCUT2D eigenvalue weighted by Gasteiger charge is -2.21. The Bertz CT molecular complexity index is 405. The lowest BCUT2D eigenvalue weighted by atomic mass is 10.2. The molecule has 1 aliphatic rings. The molecule has 0 amide bonds. The summed E-state index contributed by atoms with van der Waals surface area (Å²) in [5, 5.41) is 9.07. The second-order valence-corrected chi connectivity index (χ2v) is 4.93. The standard InChI is InChI=1S/C11H14N4S/c12-7-9-6-10(13)8-14-11(9)15-2-1-4-16-5-3-15/h6,8H,1-5,13H2. The number of nitrogen functional groups attached to an aromatic ring is 1. The Morgan fingerprint density at radius 3 is 3.12 bits per heavy atom. The van der Waals surface area contributed by atoms with Crippen molar-refractivity contribution in [2.24, 2.45) is 0 Å². The lowest BCUT2D eigenvalue weighted by Crippen LogP contribution is -2.27. The van der Waals surface area contributed by atoms with E-state index in [1.165, 1.54) is 5.75 Å². The van der Waals surface area contributed by atoms with Gasteiger partial charge in [0.1, 0.15) is 11.9 Å². The third-order valence-corrected chi connectivity index (χ3v) is 3.58. The van der Waals surface area contributed by atoms with Gasteiger partial charge in [-0.15, -0.1) is 0 Å². The third-order valence-electron chi connectivity index (χ3n) is 2.53. The number of hydrogen-bond donors (Lipinski definition) is 1. The number of anilines is 2. The van der Waals surface area contributed by atoms with E-state index in [1.807, 2.05) is 11.8 Å². The van der Waals surface area contributed by atoms with E-state index in [0.717, 1.165) is 31.1 Å². The van der Waals surface area contributed by atoms with E-state index in [1.54, 1.807) is 12.3 Å². The van der Waals surface area contributed by atoms with Crippen LogP contribution >= 0.6 is 11.8 Å². The fourth-order valence-electron chi connectivity index (χ4n) is 1.77. The van der Waals surface area contributed by atoms with Crippen molar-refractivity contribution >= 4 is 23.3 Å². The summed E-state index contributed by atoms with van der Waals surface area (Å²) in [7, 11) is 0. The minimum absolute atomic E-state index is 0.546. The topological polar surface area (TPSA) is 65.9 Å². The maximum Gasteiger partial charge on any atom is 0.146 e. The van der Waals surface area contributed by atoms with Crippen molar-refractivity contribution in [3.05, 3.63) is 17.8 Å². The molecule has 1 fully saturated rings. The van der Waals surface area contributed by atoms with Crippen molar-refractivity contribution in [2.45, 2.75) is 6.42 Å². The number of nitriles is 1. The number of pyridine rings is 1. The summed E-state index contributed by atoms with van der Waals surface area (Å²) in [6.45, 7) is 1.93. The Balaban J connectivity index is 2.28. The number of nitrogens with zero attached hydrogens (tertiary/aromatic N) is 3. The molecule has 2 N–H and O–H groups in total. The Morgan fingerprint density at radius 1 is 1.44 bits per heavy atom. The van der Waals surface area contributed by atoms with Gasteiger partial charge in [-0.25, -0.2) is 4.98 Å². The van der Waals surface area contributed by atoms with Gasteiger partial charge in [-0.05, 0) is 18.2 Å². The highest BCUT2D eigenvalue weighted by Gasteiger charge is 2.15.